The van der Waals surface area contributed by atoms with Crippen molar-refractivity contribution in [2.24, 2.45) is 5.92 Å². The number of unbranched alkanes of at least 4 members (excludes halogenated alkanes) is 27. The highest BCUT2D eigenvalue weighted by molar-refractivity contribution is 5.69. The first-order valence-electron chi connectivity index (χ1n) is 20.0. The number of esters is 1. The van der Waals surface area contributed by atoms with Crippen LogP contribution in [0.15, 0.2) is 12.2 Å². The topological polar surface area (TPSA) is 26.3 Å². The quantitative estimate of drug-likeness (QED) is 0.0404. The van der Waals surface area contributed by atoms with Crippen molar-refractivity contribution in [1.29, 1.82) is 0 Å². The molecule has 0 rings (SSSR count). The Bertz CT molecular complexity index is 554. The summed E-state index contributed by atoms with van der Waals surface area (Å²) >= 11 is 0. The minimum Gasteiger partial charge on any atom is -0.466 e. The highest BCUT2D eigenvalue weighted by Crippen LogP contribution is 2.17. The molecule has 0 heterocycles. The standard InChI is InChI=1S/C41H80O2/c1-4-6-7-8-9-10-22-26-29-32-35-38-41(42)43-39-36-33-30-27-24-21-19-17-15-13-11-12-14-16-18-20-23-25-28-31-34-37-40(3)5-2/h8-9,40H,4-7,10-39H2,1-3H3/b9-8-. The zero-order valence-corrected chi connectivity index (χ0v) is 30.1. The van der Waals surface area contributed by atoms with Crippen LogP contribution in [0.5, 0.6) is 0 Å². The van der Waals surface area contributed by atoms with Crippen molar-refractivity contribution in [1.82, 2.24) is 0 Å². The van der Waals surface area contributed by atoms with Crippen LogP contribution in [0.2, 0.25) is 0 Å². The molecule has 0 radical (unpaired) electrons. The van der Waals surface area contributed by atoms with Crippen molar-refractivity contribution in [2.45, 2.75) is 233 Å². The van der Waals surface area contributed by atoms with Crippen molar-refractivity contribution in [3.05, 3.63) is 12.2 Å². The maximum Gasteiger partial charge on any atom is 0.305 e. The summed E-state index contributed by atoms with van der Waals surface area (Å²) in [5, 5.41) is 0. The second-order valence-electron chi connectivity index (χ2n) is 13.9. The van der Waals surface area contributed by atoms with Gasteiger partial charge >= 0.3 is 5.97 Å². The molecule has 0 spiro atoms. The zero-order chi connectivity index (χ0) is 31.3. The fourth-order valence-electron chi connectivity index (χ4n) is 6.04. The van der Waals surface area contributed by atoms with E-state index in [1.165, 1.54) is 186 Å². The van der Waals surface area contributed by atoms with Crippen LogP contribution in [0.1, 0.15) is 233 Å². The molecule has 0 amide bonds. The van der Waals surface area contributed by atoms with Gasteiger partial charge in [0, 0.05) is 6.42 Å². The van der Waals surface area contributed by atoms with Gasteiger partial charge in [-0.2, -0.15) is 0 Å². The van der Waals surface area contributed by atoms with Crippen LogP contribution < -0.4 is 0 Å². The third-order valence-electron chi connectivity index (χ3n) is 9.44. The highest BCUT2D eigenvalue weighted by atomic mass is 16.5. The first-order valence-corrected chi connectivity index (χ1v) is 20.0. The van der Waals surface area contributed by atoms with Crippen molar-refractivity contribution >= 4 is 5.97 Å². The van der Waals surface area contributed by atoms with Crippen molar-refractivity contribution in [3.8, 4) is 0 Å². The number of rotatable bonds is 36. The number of ether oxygens (including phenoxy) is 1. The van der Waals surface area contributed by atoms with E-state index >= 15 is 0 Å². The van der Waals surface area contributed by atoms with Gasteiger partial charge in [0.15, 0.2) is 0 Å². The summed E-state index contributed by atoms with van der Waals surface area (Å²) in [5.41, 5.74) is 0. The van der Waals surface area contributed by atoms with Gasteiger partial charge in [-0.1, -0.05) is 206 Å². The van der Waals surface area contributed by atoms with Crippen LogP contribution in [0.4, 0.5) is 0 Å². The maximum absolute atomic E-state index is 11.9. The normalized spacial score (nSPS) is 12.3. The Morgan fingerprint density at radius 1 is 0.488 bits per heavy atom. The molecule has 0 aliphatic rings. The van der Waals surface area contributed by atoms with Crippen LogP contribution in [-0.2, 0) is 9.53 Å². The SMILES string of the molecule is CCCC/C=C\CCCCCCCC(=O)OCCCCCCCCCCCCCCCCCCCCCCCC(C)CC. The molecule has 0 saturated carbocycles. The second kappa shape index (κ2) is 37.4. The minimum atomic E-state index is 0.0164. The lowest BCUT2D eigenvalue weighted by molar-refractivity contribution is -0.143. The predicted octanol–water partition coefficient (Wildman–Crippen LogP) is 14.6. The number of hydrogen-bond donors (Lipinski definition) is 0. The van der Waals surface area contributed by atoms with E-state index in [-0.39, 0.29) is 5.97 Å². The Balaban J connectivity index is 3.15. The molecule has 0 aliphatic carbocycles. The predicted molar refractivity (Wildman–Crippen MR) is 193 cm³/mol. The van der Waals surface area contributed by atoms with E-state index in [0.29, 0.717) is 13.0 Å². The van der Waals surface area contributed by atoms with E-state index in [2.05, 4.69) is 32.9 Å². The molecular formula is C41H80O2. The van der Waals surface area contributed by atoms with Gasteiger partial charge in [-0.25, -0.2) is 0 Å². The van der Waals surface area contributed by atoms with Crippen LogP contribution in [0.3, 0.4) is 0 Å². The number of carbonyl (C=O) groups excluding carboxylic acids is 1. The smallest absolute Gasteiger partial charge is 0.305 e. The van der Waals surface area contributed by atoms with Gasteiger partial charge in [-0.15, -0.1) is 0 Å². The highest BCUT2D eigenvalue weighted by Gasteiger charge is 2.03. The van der Waals surface area contributed by atoms with Crippen LogP contribution >= 0.6 is 0 Å². The Morgan fingerprint density at radius 3 is 1.30 bits per heavy atom. The average molecular weight is 605 g/mol. The summed E-state index contributed by atoms with van der Waals surface area (Å²) in [6.45, 7) is 7.59. The van der Waals surface area contributed by atoms with Crippen LogP contribution in [-0.4, -0.2) is 12.6 Å². The third kappa shape index (κ3) is 37.3. The fraction of sp³-hybridized carbons (Fsp3) is 0.927. The molecular weight excluding hydrogens is 524 g/mol. The summed E-state index contributed by atoms with van der Waals surface area (Å²) in [6, 6.07) is 0. The van der Waals surface area contributed by atoms with Gasteiger partial charge in [0.2, 0.25) is 0 Å². The van der Waals surface area contributed by atoms with E-state index in [9.17, 15) is 4.79 Å². The molecule has 0 aromatic heterocycles. The molecule has 0 bridgehead atoms. The van der Waals surface area contributed by atoms with E-state index in [0.717, 1.165) is 25.2 Å². The summed E-state index contributed by atoms with van der Waals surface area (Å²) in [4.78, 5) is 11.9. The lowest BCUT2D eigenvalue weighted by atomic mass is 9.99. The first kappa shape index (κ1) is 42.2. The van der Waals surface area contributed by atoms with Gasteiger partial charge in [-0.3, -0.25) is 4.79 Å². The first-order chi connectivity index (χ1) is 21.2. The molecule has 0 saturated heterocycles. The lowest BCUT2D eigenvalue weighted by Gasteiger charge is -2.07. The van der Waals surface area contributed by atoms with E-state index in [1.54, 1.807) is 0 Å². The molecule has 256 valence electrons. The number of carbonyl (C=O) groups is 1. The maximum atomic E-state index is 11.9. The Kier molecular flexibility index (Phi) is 36.7. The van der Waals surface area contributed by atoms with Crippen molar-refractivity contribution in [3.63, 3.8) is 0 Å². The van der Waals surface area contributed by atoms with E-state index in [1.807, 2.05) is 0 Å². The summed E-state index contributed by atoms with van der Waals surface area (Å²) in [7, 11) is 0. The molecule has 2 heteroatoms. The van der Waals surface area contributed by atoms with E-state index in [4.69, 9.17) is 4.74 Å². The molecule has 0 aromatic carbocycles. The van der Waals surface area contributed by atoms with Crippen LogP contribution in [0.25, 0.3) is 0 Å². The molecule has 0 aromatic rings. The van der Waals surface area contributed by atoms with Crippen molar-refractivity contribution < 1.29 is 9.53 Å². The second-order valence-corrected chi connectivity index (χ2v) is 13.9. The molecule has 0 aliphatic heterocycles. The number of allylic oxidation sites excluding steroid dienone is 2. The van der Waals surface area contributed by atoms with Crippen LogP contribution in [0, 0.1) is 5.92 Å². The summed E-state index contributed by atoms with van der Waals surface area (Å²) in [5.74, 6) is 0.952. The summed E-state index contributed by atoms with van der Waals surface area (Å²) in [6.07, 6.45) is 48.6. The average Bonchev–Trinajstić information content (AvgIpc) is 3.01. The molecule has 43 heavy (non-hydrogen) atoms. The fourth-order valence-corrected chi connectivity index (χ4v) is 6.04. The molecule has 2 nitrogen and oxygen atoms in total. The zero-order valence-electron chi connectivity index (χ0n) is 30.1. The monoisotopic (exact) mass is 605 g/mol. The Hall–Kier alpha value is -0.790. The van der Waals surface area contributed by atoms with Crippen molar-refractivity contribution in [2.75, 3.05) is 6.61 Å². The molecule has 1 atom stereocenters. The molecule has 0 fully saturated rings. The molecule has 1 unspecified atom stereocenters. The van der Waals surface area contributed by atoms with Gasteiger partial charge in [-0.05, 0) is 38.0 Å². The largest absolute Gasteiger partial charge is 0.466 e. The number of hydrogen-bond acceptors (Lipinski definition) is 2. The van der Waals surface area contributed by atoms with Gasteiger partial charge < -0.3 is 4.74 Å². The van der Waals surface area contributed by atoms with E-state index < -0.39 is 0 Å². The van der Waals surface area contributed by atoms with Gasteiger partial charge in [0.1, 0.15) is 0 Å². The Labute approximate surface area is 272 Å². The third-order valence-corrected chi connectivity index (χ3v) is 9.44. The molecule has 0 N–H and O–H groups in total. The Morgan fingerprint density at radius 2 is 0.860 bits per heavy atom. The van der Waals surface area contributed by atoms with Gasteiger partial charge in [0.05, 0.1) is 6.61 Å². The summed E-state index contributed by atoms with van der Waals surface area (Å²) < 4.78 is 5.44. The lowest BCUT2D eigenvalue weighted by Crippen LogP contribution is -2.05. The van der Waals surface area contributed by atoms with Gasteiger partial charge in [0.25, 0.3) is 0 Å². The minimum absolute atomic E-state index is 0.0164.